The number of aryl methyl sites for hydroxylation is 1. The first-order chi connectivity index (χ1) is 10.5. The number of rotatable bonds is 3. The van der Waals surface area contributed by atoms with E-state index in [4.69, 9.17) is 34.8 Å². The molecule has 0 unspecified atom stereocenters. The normalized spacial score (nSPS) is 10.7. The van der Waals surface area contributed by atoms with E-state index in [0.717, 1.165) is 17.2 Å². The van der Waals surface area contributed by atoms with Gasteiger partial charge >= 0.3 is 0 Å². The van der Waals surface area contributed by atoms with Crippen LogP contribution in [0.4, 0.5) is 11.6 Å². The molecule has 0 aliphatic rings. The van der Waals surface area contributed by atoms with Gasteiger partial charge in [-0.1, -0.05) is 40.9 Å². The number of nitrogens with zero attached hydrogens (tertiary/aromatic N) is 3. The summed E-state index contributed by atoms with van der Waals surface area (Å²) in [5, 5.41) is 9.05. The van der Waals surface area contributed by atoms with E-state index in [1.165, 1.54) is 0 Å². The van der Waals surface area contributed by atoms with E-state index in [1.54, 1.807) is 22.9 Å². The Morgan fingerprint density at radius 2 is 1.82 bits per heavy atom. The van der Waals surface area contributed by atoms with E-state index in [9.17, 15) is 0 Å². The maximum atomic E-state index is 6.08. The number of halogens is 3. The first kappa shape index (κ1) is 15.2. The van der Waals surface area contributed by atoms with Crippen LogP contribution >= 0.6 is 34.8 Å². The molecule has 3 rings (SSSR count). The molecule has 0 radical (unpaired) electrons. The minimum absolute atomic E-state index is 0.419. The molecular weight excluding hydrogens is 343 g/mol. The van der Waals surface area contributed by atoms with Crippen molar-refractivity contribution in [3.05, 3.63) is 63.4 Å². The average Bonchev–Trinajstić information content (AvgIpc) is 2.82. The average molecular weight is 354 g/mol. The highest BCUT2D eigenvalue weighted by Crippen LogP contribution is 2.27. The molecule has 2 heterocycles. The number of nitrogens with one attached hydrogen (secondary N) is 1. The van der Waals surface area contributed by atoms with Gasteiger partial charge in [-0.05, 0) is 37.3 Å². The van der Waals surface area contributed by atoms with Crippen molar-refractivity contribution in [1.82, 2.24) is 14.8 Å². The number of hydrogen-bond acceptors (Lipinski definition) is 3. The number of pyridine rings is 1. The van der Waals surface area contributed by atoms with E-state index in [0.29, 0.717) is 21.0 Å². The van der Waals surface area contributed by atoms with Gasteiger partial charge in [0.05, 0.1) is 21.4 Å². The molecule has 3 aromatic rings. The van der Waals surface area contributed by atoms with Crippen LogP contribution in [-0.2, 0) is 0 Å². The summed E-state index contributed by atoms with van der Waals surface area (Å²) in [7, 11) is 0. The summed E-state index contributed by atoms with van der Waals surface area (Å²) in [5.41, 5.74) is 1.66. The second-order valence-electron chi connectivity index (χ2n) is 4.65. The molecule has 0 spiro atoms. The highest BCUT2D eigenvalue weighted by atomic mass is 35.5. The van der Waals surface area contributed by atoms with Gasteiger partial charge in [0.1, 0.15) is 16.8 Å². The lowest BCUT2D eigenvalue weighted by molar-refractivity contribution is 0.868. The minimum atomic E-state index is 0.419. The number of aromatic nitrogens is 3. The lowest BCUT2D eigenvalue weighted by Crippen LogP contribution is -2.03. The molecule has 0 atom stereocenters. The van der Waals surface area contributed by atoms with Crippen molar-refractivity contribution in [3.8, 4) is 5.69 Å². The highest BCUT2D eigenvalue weighted by molar-refractivity contribution is 6.42. The van der Waals surface area contributed by atoms with Gasteiger partial charge in [0.25, 0.3) is 0 Å². The standard InChI is InChI=1S/C15H11Cl3N4/c1-9-7-15(20-14-4-2-3-13(18)19-14)22(21-9)10-5-6-11(16)12(17)8-10/h2-8H,1H3,(H,19,20). The molecular formula is C15H11Cl3N4. The van der Waals surface area contributed by atoms with Gasteiger partial charge in [-0.25, -0.2) is 9.67 Å². The third-order valence-corrected chi connectivity index (χ3v) is 3.90. The second-order valence-corrected chi connectivity index (χ2v) is 5.85. The fourth-order valence-corrected chi connectivity index (χ4v) is 2.47. The lowest BCUT2D eigenvalue weighted by Gasteiger charge is -2.10. The van der Waals surface area contributed by atoms with Crippen molar-refractivity contribution in [2.45, 2.75) is 6.92 Å². The van der Waals surface area contributed by atoms with Gasteiger partial charge in [0.15, 0.2) is 0 Å². The summed E-state index contributed by atoms with van der Waals surface area (Å²) in [6.07, 6.45) is 0. The molecule has 7 heteroatoms. The molecule has 1 aromatic carbocycles. The molecule has 112 valence electrons. The van der Waals surface area contributed by atoms with Crippen LogP contribution < -0.4 is 5.32 Å². The Hall–Kier alpha value is -1.75. The molecule has 4 nitrogen and oxygen atoms in total. The van der Waals surface area contributed by atoms with Crippen molar-refractivity contribution in [3.63, 3.8) is 0 Å². The minimum Gasteiger partial charge on any atom is -0.325 e. The zero-order valence-electron chi connectivity index (χ0n) is 11.5. The number of hydrogen-bond donors (Lipinski definition) is 1. The zero-order chi connectivity index (χ0) is 15.7. The third-order valence-electron chi connectivity index (χ3n) is 2.95. The molecule has 1 N–H and O–H groups in total. The number of anilines is 2. The highest BCUT2D eigenvalue weighted by Gasteiger charge is 2.10. The van der Waals surface area contributed by atoms with Crippen LogP contribution in [0.15, 0.2) is 42.5 Å². The molecule has 0 aliphatic carbocycles. The fraction of sp³-hybridized carbons (Fsp3) is 0.0667. The van der Waals surface area contributed by atoms with Crippen LogP contribution in [0.2, 0.25) is 15.2 Å². The predicted molar refractivity (Wildman–Crippen MR) is 90.9 cm³/mol. The lowest BCUT2D eigenvalue weighted by atomic mass is 10.3. The van der Waals surface area contributed by atoms with Crippen LogP contribution in [0, 0.1) is 6.92 Å². The summed E-state index contributed by atoms with van der Waals surface area (Å²) in [6, 6.07) is 12.6. The fourth-order valence-electron chi connectivity index (χ4n) is 2.01. The summed E-state index contributed by atoms with van der Waals surface area (Å²) < 4.78 is 1.74. The first-order valence-corrected chi connectivity index (χ1v) is 7.58. The molecule has 0 fully saturated rings. The Morgan fingerprint density at radius 3 is 2.55 bits per heavy atom. The van der Waals surface area contributed by atoms with Gasteiger partial charge in [0, 0.05) is 6.07 Å². The van der Waals surface area contributed by atoms with Gasteiger partial charge in [-0.15, -0.1) is 0 Å². The van der Waals surface area contributed by atoms with Crippen molar-refractivity contribution in [2.24, 2.45) is 0 Å². The number of benzene rings is 1. The monoisotopic (exact) mass is 352 g/mol. The predicted octanol–water partition coefficient (Wildman–Crippen LogP) is 5.28. The van der Waals surface area contributed by atoms with E-state index in [2.05, 4.69) is 15.4 Å². The maximum Gasteiger partial charge on any atom is 0.135 e. The smallest absolute Gasteiger partial charge is 0.135 e. The van der Waals surface area contributed by atoms with E-state index >= 15 is 0 Å². The zero-order valence-corrected chi connectivity index (χ0v) is 13.8. The van der Waals surface area contributed by atoms with E-state index in [-0.39, 0.29) is 0 Å². The molecule has 0 saturated heterocycles. The Morgan fingerprint density at radius 1 is 1.00 bits per heavy atom. The summed E-state index contributed by atoms with van der Waals surface area (Å²) in [6.45, 7) is 1.91. The molecule has 2 aromatic heterocycles. The summed E-state index contributed by atoms with van der Waals surface area (Å²) in [5.74, 6) is 1.39. The van der Waals surface area contributed by atoms with Crippen LogP contribution in [0.3, 0.4) is 0 Å². The maximum absolute atomic E-state index is 6.08. The van der Waals surface area contributed by atoms with Crippen molar-refractivity contribution < 1.29 is 0 Å². The molecule has 0 amide bonds. The van der Waals surface area contributed by atoms with Gasteiger partial charge < -0.3 is 5.32 Å². The van der Waals surface area contributed by atoms with Crippen molar-refractivity contribution >= 4 is 46.4 Å². The quantitative estimate of drug-likeness (QED) is 0.651. The second kappa shape index (κ2) is 6.16. The topological polar surface area (TPSA) is 42.7 Å². The SMILES string of the molecule is Cc1cc(Nc2cccc(Cl)n2)n(-c2ccc(Cl)c(Cl)c2)n1. The summed E-state index contributed by atoms with van der Waals surface area (Å²) in [4.78, 5) is 4.21. The molecule has 0 bridgehead atoms. The van der Waals surface area contributed by atoms with Crippen LogP contribution in [0.1, 0.15) is 5.69 Å². The van der Waals surface area contributed by atoms with Crippen LogP contribution in [-0.4, -0.2) is 14.8 Å². The molecule has 22 heavy (non-hydrogen) atoms. The van der Waals surface area contributed by atoms with E-state index < -0.39 is 0 Å². The van der Waals surface area contributed by atoms with Crippen LogP contribution in [0.25, 0.3) is 5.69 Å². The third kappa shape index (κ3) is 3.19. The van der Waals surface area contributed by atoms with Crippen LogP contribution in [0.5, 0.6) is 0 Å². The Bertz CT molecular complexity index is 829. The van der Waals surface area contributed by atoms with E-state index in [1.807, 2.05) is 31.2 Å². The van der Waals surface area contributed by atoms with Crippen molar-refractivity contribution in [2.75, 3.05) is 5.32 Å². The van der Waals surface area contributed by atoms with Crippen molar-refractivity contribution in [1.29, 1.82) is 0 Å². The largest absolute Gasteiger partial charge is 0.325 e. The van der Waals surface area contributed by atoms with Gasteiger partial charge in [-0.3, -0.25) is 0 Å². The Balaban J connectivity index is 2.01. The molecule has 0 saturated carbocycles. The molecule has 0 aliphatic heterocycles. The van der Waals surface area contributed by atoms with Gasteiger partial charge in [0.2, 0.25) is 0 Å². The summed E-state index contributed by atoms with van der Waals surface area (Å²) >= 11 is 17.9. The Kier molecular flexibility index (Phi) is 4.25. The van der Waals surface area contributed by atoms with Gasteiger partial charge in [-0.2, -0.15) is 5.10 Å². The Labute approximate surface area is 142 Å². The first-order valence-electron chi connectivity index (χ1n) is 6.44.